The molecule has 32 heavy (non-hydrogen) atoms. The van der Waals surface area contributed by atoms with Gasteiger partial charge in [-0.05, 0) is 23.3 Å². The Kier molecular flexibility index (Phi) is 5.92. The first-order valence-electron chi connectivity index (χ1n) is 10.1. The number of aromatic amines is 1. The first-order valence-corrected chi connectivity index (χ1v) is 10.1. The standard InChI is InChI=1S/C23H22F3N3O3/c1-15(20-27-11-19(28-20)17-7-9-18(10-8-17)23(24,25)26)22(13-31-14-22)29-21(30)32-12-16-5-3-2-4-6-16/h2-11,15H,12-14H2,1H3,(H,27,28)(H,29,30). The zero-order valence-electron chi connectivity index (χ0n) is 17.3. The Morgan fingerprint density at radius 3 is 2.47 bits per heavy atom. The van der Waals surface area contributed by atoms with Crippen LogP contribution in [0.4, 0.5) is 18.0 Å². The van der Waals surface area contributed by atoms with Gasteiger partial charge in [0.05, 0.1) is 36.2 Å². The van der Waals surface area contributed by atoms with Crippen molar-refractivity contribution in [3.63, 3.8) is 0 Å². The Morgan fingerprint density at radius 2 is 1.88 bits per heavy atom. The van der Waals surface area contributed by atoms with E-state index in [2.05, 4.69) is 15.3 Å². The third kappa shape index (κ3) is 4.62. The summed E-state index contributed by atoms with van der Waals surface area (Å²) in [5.74, 6) is 0.343. The van der Waals surface area contributed by atoms with Crippen LogP contribution in [0.15, 0.2) is 60.8 Å². The zero-order valence-corrected chi connectivity index (χ0v) is 17.3. The lowest BCUT2D eigenvalue weighted by Gasteiger charge is -2.45. The van der Waals surface area contributed by atoms with Gasteiger partial charge in [-0.15, -0.1) is 0 Å². The number of H-pyrrole nitrogens is 1. The number of hydrogen-bond acceptors (Lipinski definition) is 4. The quantitative estimate of drug-likeness (QED) is 0.566. The molecule has 3 aromatic rings. The summed E-state index contributed by atoms with van der Waals surface area (Å²) in [7, 11) is 0. The first kappa shape index (κ1) is 21.9. The molecule has 168 valence electrons. The van der Waals surface area contributed by atoms with Crippen molar-refractivity contribution in [2.24, 2.45) is 0 Å². The molecular weight excluding hydrogens is 423 g/mol. The third-order valence-corrected chi connectivity index (χ3v) is 5.64. The number of nitrogens with zero attached hydrogens (tertiary/aromatic N) is 1. The maximum absolute atomic E-state index is 12.8. The maximum atomic E-state index is 12.8. The second-order valence-corrected chi connectivity index (χ2v) is 7.81. The van der Waals surface area contributed by atoms with Gasteiger partial charge in [0.15, 0.2) is 0 Å². The average molecular weight is 445 g/mol. The number of carbonyl (C=O) groups is 1. The van der Waals surface area contributed by atoms with Gasteiger partial charge in [0.1, 0.15) is 12.4 Å². The molecule has 4 rings (SSSR count). The van der Waals surface area contributed by atoms with Crippen molar-refractivity contribution in [1.29, 1.82) is 0 Å². The molecule has 0 radical (unpaired) electrons. The molecule has 2 N–H and O–H groups in total. The number of ether oxygens (including phenoxy) is 2. The van der Waals surface area contributed by atoms with Crippen molar-refractivity contribution in [2.75, 3.05) is 13.2 Å². The van der Waals surface area contributed by atoms with Gasteiger partial charge in [0.2, 0.25) is 0 Å². The summed E-state index contributed by atoms with van der Waals surface area (Å²) in [5.41, 5.74) is 0.643. The number of halogens is 3. The molecule has 1 aromatic heterocycles. The molecule has 1 aliphatic heterocycles. The Labute approximate surface area is 182 Å². The van der Waals surface area contributed by atoms with Gasteiger partial charge in [0.25, 0.3) is 0 Å². The number of nitrogens with one attached hydrogen (secondary N) is 2. The van der Waals surface area contributed by atoms with E-state index in [0.717, 1.165) is 17.7 Å². The van der Waals surface area contributed by atoms with Crippen molar-refractivity contribution < 1.29 is 27.4 Å². The minimum atomic E-state index is -4.39. The highest BCUT2D eigenvalue weighted by atomic mass is 19.4. The number of hydrogen-bond donors (Lipinski definition) is 2. The van der Waals surface area contributed by atoms with E-state index in [4.69, 9.17) is 9.47 Å². The van der Waals surface area contributed by atoms with Crippen LogP contribution in [0, 0.1) is 0 Å². The average Bonchev–Trinajstić information content (AvgIpc) is 3.25. The normalized spacial score (nSPS) is 16.1. The van der Waals surface area contributed by atoms with E-state index in [1.165, 1.54) is 12.1 Å². The summed E-state index contributed by atoms with van der Waals surface area (Å²) in [6, 6.07) is 14.2. The molecule has 0 aliphatic carbocycles. The van der Waals surface area contributed by atoms with Crippen LogP contribution in [-0.2, 0) is 22.3 Å². The van der Waals surface area contributed by atoms with Crippen LogP contribution in [-0.4, -0.2) is 34.8 Å². The van der Waals surface area contributed by atoms with Crippen LogP contribution >= 0.6 is 0 Å². The minimum Gasteiger partial charge on any atom is -0.445 e. The monoisotopic (exact) mass is 445 g/mol. The van der Waals surface area contributed by atoms with Crippen LogP contribution < -0.4 is 5.32 Å². The fourth-order valence-corrected chi connectivity index (χ4v) is 3.52. The van der Waals surface area contributed by atoms with E-state index in [1.54, 1.807) is 6.20 Å². The smallest absolute Gasteiger partial charge is 0.416 e. The molecule has 1 fully saturated rings. The van der Waals surface area contributed by atoms with Crippen molar-refractivity contribution in [3.05, 3.63) is 77.7 Å². The van der Waals surface area contributed by atoms with Crippen LogP contribution in [0.2, 0.25) is 0 Å². The molecule has 0 saturated carbocycles. The van der Waals surface area contributed by atoms with Gasteiger partial charge < -0.3 is 19.8 Å². The van der Waals surface area contributed by atoms with Gasteiger partial charge in [0, 0.05) is 5.92 Å². The van der Waals surface area contributed by atoms with E-state index in [-0.39, 0.29) is 12.5 Å². The SMILES string of the molecule is CC(c1ncc(-c2ccc(C(F)(F)F)cc2)[nH]1)C1(NC(=O)OCc2ccccc2)COC1. The topological polar surface area (TPSA) is 76.2 Å². The van der Waals surface area contributed by atoms with E-state index < -0.39 is 23.4 Å². The van der Waals surface area contributed by atoms with Crippen molar-refractivity contribution in [2.45, 2.75) is 31.2 Å². The number of alkyl halides is 3. The molecule has 0 bridgehead atoms. The molecular formula is C23H22F3N3O3. The van der Waals surface area contributed by atoms with E-state index in [9.17, 15) is 18.0 Å². The summed E-state index contributed by atoms with van der Waals surface area (Å²) in [6.45, 7) is 2.64. The molecule has 6 nitrogen and oxygen atoms in total. The molecule has 1 atom stereocenters. The number of benzene rings is 2. The van der Waals surface area contributed by atoms with Crippen molar-refractivity contribution >= 4 is 6.09 Å². The predicted octanol–water partition coefficient (Wildman–Crippen LogP) is 4.89. The molecule has 1 unspecified atom stereocenters. The second kappa shape index (κ2) is 8.66. The highest BCUT2D eigenvalue weighted by Gasteiger charge is 2.47. The molecule has 9 heteroatoms. The summed E-state index contributed by atoms with van der Waals surface area (Å²) < 4.78 is 49.1. The van der Waals surface area contributed by atoms with E-state index in [0.29, 0.717) is 30.3 Å². The number of imidazole rings is 1. The lowest BCUT2D eigenvalue weighted by atomic mass is 9.82. The largest absolute Gasteiger partial charge is 0.445 e. The van der Waals surface area contributed by atoms with Crippen molar-refractivity contribution in [1.82, 2.24) is 15.3 Å². The molecule has 0 spiro atoms. The maximum Gasteiger partial charge on any atom is 0.416 e. The van der Waals surface area contributed by atoms with Crippen LogP contribution in [0.5, 0.6) is 0 Å². The third-order valence-electron chi connectivity index (χ3n) is 5.64. The number of aromatic nitrogens is 2. The highest BCUT2D eigenvalue weighted by molar-refractivity contribution is 5.69. The van der Waals surface area contributed by atoms with Gasteiger partial charge >= 0.3 is 12.3 Å². The van der Waals surface area contributed by atoms with E-state index in [1.807, 2.05) is 37.3 Å². The lowest BCUT2D eigenvalue weighted by Crippen LogP contribution is -2.65. The Morgan fingerprint density at radius 1 is 1.19 bits per heavy atom. The van der Waals surface area contributed by atoms with Crippen molar-refractivity contribution in [3.8, 4) is 11.3 Å². The summed E-state index contributed by atoms with van der Waals surface area (Å²) in [6.07, 6.45) is -3.38. The lowest BCUT2D eigenvalue weighted by molar-refractivity contribution is -0.137. The fraction of sp³-hybridized carbons (Fsp3) is 0.304. The van der Waals surface area contributed by atoms with Crippen LogP contribution in [0.25, 0.3) is 11.3 Å². The fourth-order valence-electron chi connectivity index (χ4n) is 3.52. The molecule has 1 aliphatic rings. The minimum absolute atomic E-state index is 0.150. The van der Waals surface area contributed by atoms with Gasteiger partial charge in [-0.25, -0.2) is 9.78 Å². The summed E-state index contributed by atoms with van der Waals surface area (Å²) >= 11 is 0. The van der Waals surface area contributed by atoms with Gasteiger partial charge in [-0.2, -0.15) is 13.2 Å². The molecule has 2 aromatic carbocycles. The first-order chi connectivity index (χ1) is 15.3. The van der Waals surface area contributed by atoms with Gasteiger partial charge in [-0.3, -0.25) is 0 Å². The number of alkyl carbamates (subject to hydrolysis) is 1. The van der Waals surface area contributed by atoms with Crippen LogP contribution in [0.3, 0.4) is 0 Å². The number of amides is 1. The second-order valence-electron chi connectivity index (χ2n) is 7.81. The molecule has 2 heterocycles. The Balaban J connectivity index is 1.43. The number of carbonyl (C=O) groups excluding carboxylic acids is 1. The Hall–Kier alpha value is -3.33. The van der Waals surface area contributed by atoms with E-state index >= 15 is 0 Å². The van der Waals surface area contributed by atoms with Gasteiger partial charge in [-0.1, -0.05) is 49.4 Å². The van der Waals surface area contributed by atoms with Crippen LogP contribution in [0.1, 0.15) is 29.8 Å². The predicted molar refractivity (Wildman–Crippen MR) is 111 cm³/mol. The Bertz CT molecular complexity index is 1060. The molecule has 1 amide bonds. The zero-order chi connectivity index (χ0) is 22.8. The summed E-state index contributed by atoms with van der Waals surface area (Å²) in [5, 5.41) is 2.90. The number of rotatable bonds is 6. The molecule has 1 saturated heterocycles. The highest BCUT2D eigenvalue weighted by Crippen LogP contribution is 2.35. The summed E-state index contributed by atoms with van der Waals surface area (Å²) in [4.78, 5) is 19.9.